The van der Waals surface area contributed by atoms with Crippen LogP contribution in [-0.4, -0.2) is 0 Å². The van der Waals surface area contributed by atoms with E-state index in [0.717, 1.165) is 34.1 Å². The number of para-hydroxylation sites is 4. The van der Waals surface area contributed by atoms with Gasteiger partial charge in [-0.1, -0.05) is 146 Å². The Kier molecular flexibility index (Phi) is 7.53. The van der Waals surface area contributed by atoms with Crippen LogP contribution in [-0.2, 0) is 0 Å². The zero-order valence-corrected chi connectivity index (χ0v) is 27.5. The standard InChI is InChI=1S/C48H34N2/c1-6-19-35(20-7-1)41-31-18-32-43-44(41)34-46-45(48(43)50(39-26-12-4-13-27-39)40-28-14-5-15-29-40)33-36-21-16-17-30-42(36)47(46)49(37-22-8-2-9-23-37)38-24-10-3-11-25-38/h1-34H. The summed E-state index contributed by atoms with van der Waals surface area (Å²) in [5, 5.41) is 7.14. The molecule has 0 aliphatic rings. The Morgan fingerprint density at radius 1 is 0.260 bits per heavy atom. The molecule has 0 aromatic heterocycles. The van der Waals surface area contributed by atoms with Crippen LogP contribution >= 0.6 is 0 Å². The van der Waals surface area contributed by atoms with E-state index in [0.29, 0.717) is 0 Å². The molecule has 236 valence electrons. The van der Waals surface area contributed by atoms with E-state index in [1.165, 1.54) is 43.4 Å². The van der Waals surface area contributed by atoms with Crippen LogP contribution in [0.2, 0.25) is 0 Å². The van der Waals surface area contributed by atoms with Crippen molar-refractivity contribution in [2.24, 2.45) is 0 Å². The topological polar surface area (TPSA) is 6.48 Å². The number of rotatable bonds is 7. The second-order valence-corrected chi connectivity index (χ2v) is 12.5. The molecular formula is C48H34N2. The fraction of sp³-hybridized carbons (Fsp3) is 0. The number of fused-ring (bicyclic) bond motifs is 3. The van der Waals surface area contributed by atoms with Gasteiger partial charge >= 0.3 is 0 Å². The van der Waals surface area contributed by atoms with Crippen LogP contribution in [0, 0.1) is 0 Å². The highest BCUT2D eigenvalue weighted by Gasteiger charge is 2.25. The molecule has 9 aromatic carbocycles. The molecule has 0 amide bonds. The summed E-state index contributed by atoms with van der Waals surface area (Å²) in [6.07, 6.45) is 0. The molecular weight excluding hydrogens is 605 g/mol. The third-order valence-corrected chi connectivity index (χ3v) is 9.56. The number of nitrogens with zero attached hydrogens (tertiary/aromatic N) is 2. The summed E-state index contributed by atoms with van der Waals surface area (Å²) in [5.41, 5.74) is 9.14. The molecule has 9 rings (SSSR count). The first-order chi connectivity index (χ1) is 24.8. The highest BCUT2D eigenvalue weighted by molar-refractivity contribution is 6.25. The molecule has 0 bridgehead atoms. The van der Waals surface area contributed by atoms with Gasteiger partial charge in [0.2, 0.25) is 0 Å². The Morgan fingerprint density at radius 2 is 0.660 bits per heavy atom. The first-order valence-corrected chi connectivity index (χ1v) is 17.1. The van der Waals surface area contributed by atoms with Crippen LogP contribution in [0.3, 0.4) is 0 Å². The summed E-state index contributed by atoms with van der Waals surface area (Å²) in [5.74, 6) is 0. The number of hydrogen-bond acceptors (Lipinski definition) is 2. The number of benzene rings is 9. The van der Waals surface area contributed by atoms with Crippen LogP contribution in [0.4, 0.5) is 34.1 Å². The van der Waals surface area contributed by atoms with Crippen molar-refractivity contribution in [1.82, 2.24) is 0 Å². The van der Waals surface area contributed by atoms with Crippen molar-refractivity contribution >= 4 is 66.4 Å². The highest BCUT2D eigenvalue weighted by atomic mass is 15.2. The van der Waals surface area contributed by atoms with Crippen molar-refractivity contribution in [3.63, 3.8) is 0 Å². The first-order valence-electron chi connectivity index (χ1n) is 17.1. The van der Waals surface area contributed by atoms with Crippen molar-refractivity contribution in [1.29, 1.82) is 0 Å². The Morgan fingerprint density at radius 3 is 1.18 bits per heavy atom. The second-order valence-electron chi connectivity index (χ2n) is 12.5. The van der Waals surface area contributed by atoms with Crippen molar-refractivity contribution in [3.05, 3.63) is 206 Å². The second kappa shape index (κ2) is 12.8. The average Bonchev–Trinajstić information content (AvgIpc) is 3.20. The normalized spacial score (nSPS) is 11.2. The summed E-state index contributed by atoms with van der Waals surface area (Å²) in [6, 6.07) is 74.2. The molecule has 0 heterocycles. The lowest BCUT2D eigenvalue weighted by atomic mass is 9.90. The van der Waals surface area contributed by atoms with E-state index in [9.17, 15) is 0 Å². The molecule has 50 heavy (non-hydrogen) atoms. The van der Waals surface area contributed by atoms with Gasteiger partial charge in [-0.25, -0.2) is 0 Å². The summed E-state index contributed by atoms with van der Waals surface area (Å²) < 4.78 is 0. The SMILES string of the molecule is c1ccc(-c2cccc3c(N(c4ccccc4)c4ccccc4)c4cc5ccccc5c(N(c5ccccc5)c5ccccc5)c4cc23)cc1. The van der Waals surface area contributed by atoms with Gasteiger partial charge in [-0.05, 0) is 82.6 Å². The minimum atomic E-state index is 1.11. The molecule has 0 saturated carbocycles. The molecule has 2 nitrogen and oxygen atoms in total. The van der Waals surface area contributed by atoms with Gasteiger partial charge in [-0.2, -0.15) is 0 Å². The van der Waals surface area contributed by atoms with E-state index < -0.39 is 0 Å². The highest BCUT2D eigenvalue weighted by Crippen LogP contribution is 2.51. The fourth-order valence-electron chi connectivity index (χ4n) is 7.38. The quantitative estimate of drug-likeness (QED) is 0.160. The molecule has 0 unspecified atom stereocenters. The van der Waals surface area contributed by atoms with Crippen LogP contribution in [0.15, 0.2) is 206 Å². The summed E-state index contributed by atoms with van der Waals surface area (Å²) in [6.45, 7) is 0. The lowest BCUT2D eigenvalue weighted by Gasteiger charge is -2.32. The maximum absolute atomic E-state index is 2.44. The number of hydrogen-bond donors (Lipinski definition) is 0. The summed E-state index contributed by atoms with van der Waals surface area (Å²) in [4.78, 5) is 4.87. The Hall–Kier alpha value is -6.64. The zero-order chi connectivity index (χ0) is 33.3. The lowest BCUT2D eigenvalue weighted by Crippen LogP contribution is -2.13. The van der Waals surface area contributed by atoms with Gasteiger partial charge in [-0.15, -0.1) is 0 Å². The molecule has 9 aromatic rings. The fourth-order valence-corrected chi connectivity index (χ4v) is 7.38. The van der Waals surface area contributed by atoms with E-state index in [-0.39, 0.29) is 0 Å². The van der Waals surface area contributed by atoms with E-state index in [4.69, 9.17) is 0 Å². The molecule has 0 spiro atoms. The molecule has 0 N–H and O–H groups in total. The molecule has 0 aliphatic heterocycles. The molecule has 0 radical (unpaired) electrons. The Bertz CT molecular complexity index is 2490. The molecule has 0 atom stereocenters. The minimum Gasteiger partial charge on any atom is -0.309 e. The molecule has 2 heteroatoms. The first kappa shape index (κ1) is 29.5. The number of anilines is 6. The van der Waals surface area contributed by atoms with Gasteiger partial charge in [0.15, 0.2) is 0 Å². The Balaban J connectivity index is 1.51. The van der Waals surface area contributed by atoms with Crippen molar-refractivity contribution in [2.45, 2.75) is 0 Å². The van der Waals surface area contributed by atoms with E-state index in [1.54, 1.807) is 0 Å². The van der Waals surface area contributed by atoms with Crippen LogP contribution in [0.5, 0.6) is 0 Å². The monoisotopic (exact) mass is 638 g/mol. The molecule has 0 fully saturated rings. The maximum Gasteiger partial charge on any atom is 0.0619 e. The van der Waals surface area contributed by atoms with Gasteiger partial charge in [-0.3, -0.25) is 0 Å². The third-order valence-electron chi connectivity index (χ3n) is 9.56. The maximum atomic E-state index is 2.44. The van der Waals surface area contributed by atoms with Gasteiger partial charge < -0.3 is 9.80 Å². The van der Waals surface area contributed by atoms with Gasteiger partial charge in [0.25, 0.3) is 0 Å². The zero-order valence-electron chi connectivity index (χ0n) is 27.5. The van der Waals surface area contributed by atoms with Gasteiger partial charge in [0.1, 0.15) is 0 Å². The predicted molar refractivity (Wildman–Crippen MR) is 214 cm³/mol. The van der Waals surface area contributed by atoms with Crippen LogP contribution < -0.4 is 9.80 Å². The molecule has 0 saturated heterocycles. The third kappa shape index (κ3) is 5.15. The van der Waals surface area contributed by atoms with Gasteiger partial charge in [0, 0.05) is 44.3 Å². The Labute approximate surface area is 292 Å². The van der Waals surface area contributed by atoms with Gasteiger partial charge in [0.05, 0.1) is 11.4 Å². The summed E-state index contributed by atoms with van der Waals surface area (Å²) in [7, 11) is 0. The predicted octanol–water partition coefficient (Wildman–Crippen LogP) is 13.8. The van der Waals surface area contributed by atoms with E-state index in [1.807, 2.05) is 0 Å². The van der Waals surface area contributed by atoms with Crippen LogP contribution in [0.25, 0.3) is 43.4 Å². The van der Waals surface area contributed by atoms with E-state index in [2.05, 4.69) is 216 Å². The average molecular weight is 639 g/mol. The van der Waals surface area contributed by atoms with Crippen molar-refractivity contribution in [3.8, 4) is 11.1 Å². The van der Waals surface area contributed by atoms with Crippen LogP contribution in [0.1, 0.15) is 0 Å². The smallest absolute Gasteiger partial charge is 0.0619 e. The van der Waals surface area contributed by atoms with Crippen molar-refractivity contribution < 1.29 is 0 Å². The largest absolute Gasteiger partial charge is 0.309 e. The minimum absolute atomic E-state index is 1.11. The lowest BCUT2D eigenvalue weighted by molar-refractivity contribution is 1.30. The molecule has 0 aliphatic carbocycles. The summed E-state index contributed by atoms with van der Waals surface area (Å²) >= 11 is 0. The van der Waals surface area contributed by atoms with Crippen molar-refractivity contribution in [2.75, 3.05) is 9.80 Å². The van der Waals surface area contributed by atoms with E-state index >= 15 is 0 Å².